The molecule has 0 aliphatic carbocycles. The third kappa shape index (κ3) is 4.03. The zero-order valence-electron chi connectivity index (χ0n) is 10.00. The molecule has 1 unspecified atom stereocenters. The quantitative estimate of drug-likeness (QED) is 0.768. The van der Waals surface area contributed by atoms with Gasteiger partial charge in [-0.1, -0.05) is 0 Å². The third-order valence-corrected chi connectivity index (χ3v) is 2.21. The number of nitrogens with two attached hydrogens (primary N) is 1. The van der Waals surface area contributed by atoms with Crippen molar-refractivity contribution in [2.24, 2.45) is 0 Å². The van der Waals surface area contributed by atoms with Crippen LogP contribution >= 0.6 is 0 Å². The van der Waals surface area contributed by atoms with Crippen molar-refractivity contribution in [3.05, 3.63) is 29.6 Å². The van der Waals surface area contributed by atoms with Crippen LogP contribution in [0.4, 0.5) is 10.1 Å². The van der Waals surface area contributed by atoms with Gasteiger partial charge in [0, 0.05) is 18.2 Å². The van der Waals surface area contributed by atoms with E-state index in [2.05, 4.69) is 5.32 Å². The Labute approximate surface area is 100.0 Å². The maximum atomic E-state index is 12.9. The predicted molar refractivity (Wildman–Crippen MR) is 64.2 cm³/mol. The average molecular weight is 240 g/mol. The molecule has 3 N–H and O–H groups in total. The number of anilines is 1. The minimum Gasteiger partial charge on any atom is -0.396 e. The number of carbonyl (C=O) groups is 1. The average Bonchev–Trinajstić information content (AvgIpc) is 2.30. The molecule has 0 heterocycles. The smallest absolute Gasteiger partial charge is 0.251 e. The standard InChI is InChI=1S/C12H17FN2O2/c1-3-17-7-8(2)15-12(16)9-4-5-10(13)11(14)6-9/h4-6,8H,3,7,14H2,1-2H3,(H,15,16). The van der Waals surface area contributed by atoms with Crippen LogP contribution in [0.2, 0.25) is 0 Å². The first-order valence-corrected chi connectivity index (χ1v) is 5.48. The highest BCUT2D eigenvalue weighted by Crippen LogP contribution is 2.12. The molecular formula is C12H17FN2O2. The molecule has 1 aromatic rings. The number of carbonyl (C=O) groups excluding carboxylic acids is 1. The summed E-state index contributed by atoms with van der Waals surface area (Å²) in [5.41, 5.74) is 5.70. The molecular weight excluding hydrogens is 223 g/mol. The maximum absolute atomic E-state index is 12.9. The van der Waals surface area contributed by atoms with E-state index in [4.69, 9.17) is 10.5 Å². The molecule has 1 aromatic carbocycles. The summed E-state index contributed by atoms with van der Waals surface area (Å²) in [6.07, 6.45) is 0. The Hall–Kier alpha value is -1.62. The van der Waals surface area contributed by atoms with Crippen molar-refractivity contribution in [2.75, 3.05) is 18.9 Å². The van der Waals surface area contributed by atoms with E-state index in [1.807, 2.05) is 13.8 Å². The van der Waals surface area contributed by atoms with Crippen LogP contribution in [0.1, 0.15) is 24.2 Å². The molecule has 94 valence electrons. The Morgan fingerprint density at radius 3 is 2.88 bits per heavy atom. The molecule has 0 bridgehead atoms. The number of halogens is 1. The van der Waals surface area contributed by atoms with Gasteiger partial charge in [0.05, 0.1) is 12.3 Å². The molecule has 5 heteroatoms. The fourth-order valence-corrected chi connectivity index (χ4v) is 1.33. The van der Waals surface area contributed by atoms with E-state index in [-0.39, 0.29) is 17.6 Å². The molecule has 4 nitrogen and oxygen atoms in total. The summed E-state index contributed by atoms with van der Waals surface area (Å²) in [5.74, 6) is -0.812. The van der Waals surface area contributed by atoms with Crippen LogP contribution in [0, 0.1) is 5.82 Å². The highest BCUT2D eigenvalue weighted by Gasteiger charge is 2.11. The van der Waals surface area contributed by atoms with Gasteiger partial charge in [-0.2, -0.15) is 0 Å². The second kappa shape index (κ2) is 6.20. The minimum absolute atomic E-state index is 0.0323. The van der Waals surface area contributed by atoms with Crippen molar-refractivity contribution < 1.29 is 13.9 Å². The number of nitrogen functional groups attached to an aromatic ring is 1. The van der Waals surface area contributed by atoms with Crippen LogP contribution in [0.5, 0.6) is 0 Å². The van der Waals surface area contributed by atoms with E-state index < -0.39 is 5.82 Å². The zero-order valence-corrected chi connectivity index (χ0v) is 10.00. The molecule has 0 saturated heterocycles. The molecule has 0 aliphatic rings. The lowest BCUT2D eigenvalue weighted by molar-refractivity contribution is 0.0872. The van der Waals surface area contributed by atoms with Gasteiger partial charge >= 0.3 is 0 Å². The molecule has 0 aliphatic heterocycles. The van der Waals surface area contributed by atoms with Crippen molar-refractivity contribution in [3.8, 4) is 0 Å². The normalized spacial score (nSPS) is 12.2. The van der Waals surface area contributed by atoms with Crippen molar-refractivity contribution >= 4 is 11.6 Å². The van der Waals surface area contributed by atoms with Gasteiger partial charge in [-0.3, -0.25) is 4.79 Å². The Bertz CT molecular complexity index is 396. The Morgan fingerprint density at radius 1 is 1.59 bits per heavy atom. The largest absolute Gasteiger partial charge is 0.396 e. The lowest BCUT2D eigenvalue weighted by Crippen LogP contribution is -2.35. The van der Waals surface area contributed by atoms with Gasteiger partial charge in [0.25, 0.3) is 5.91 Å². The SMILES string of the molecule is CCOCC(C)NC(=O)c1ccc(F)c(N)c1. The number of hydrogen-bond acceptors (Lipinski definition) is 3. The topological polar surface area (TPSA) is 64.3 Å². The number of benzene rings is 1. The van der Waals surface area contributed by atoms with E-state index in [1.165, 1.54) is 18.2 Å². The number of nitrogens with one attached hydrogen (secondary N) is 1. The van der Waals surface area contributed by atoms with Gasteiger partial charge in [0.2, 0.25) is 0 Å². The molecule has 0 radical (unpaired) electrons. The maximum Gasteiger partial charge on any atom is 0.251 e. The number of ether oxygens (including phenoxy) is 1. The van der Waals surface area contributed by atoms with Gasteiger partial charge in [0.15, 0.2) is 0 Å². The number of rotatable bonds is 5. The van der Waals surface area contributed by atoms with Gasteiger partial charge < -0.3 is 15.8 Å². The van der Waals surface area contributed by atoms with Gasteiger partial charge in [-0.05, 0) is 32.0 Å². The summed E-state index contributed by atoms with van der Waals surface area (Å²) in [7, 11) is 0. The van der Waals surface area contributed by atoms with Crippen LogP contribution in [-0.4, -0.2) is 25.2 Å². The molecule has 0 saturated carbocycles. The summed E-state index contributed by atoms with van der Waals surface area (Å²) in [6, 6.07) is 3.79. The number of hydrogen-bond donors (Lipinski definition) is 2. The van der Waals surface area contributed by atoms with Crippen LogP contribution in [0.25, 0.3) is 0 Å². The van der Waals surface area contributed by atoms with Gasteiger partial charge in [-0.25, -0.2) is 4.39 Å². The Balaban J connectivity index is 2.60. The van der Waals surface area contributed by atoms with Gasteiger partial charge in [-0.15, -0.1) is 0 Å². The summed E-state index contributed by atoms with van der Waals surface area (Å²) >= 11 is 0. The predicted octanol–water partition coefficient (Wildman–Crippen LogP) is 1.56. The first-order chi connectivity index (χ1) is 8.04. The number of amides is 1. The highest BCUT2D eigenvalue weighted by atomic mass is 19.1. The fraction of sp³-hybridized carbons (Fsp3) is 0.417. The summed E-state index contributed by atoms with van der Waals surface area (Å²) in [5, 5.41) is 2.74. The van der Waals surface area contributed by atoms with Crippen LogP contribution in [0.15, 0.2) is 18.2 Å². The molecule has 0 aromatic heterocycles. The van der Waals surface area contributed by atoms with E-state index in [9.17, 15) is 9.18 Å². The van der Waals surface area contributed by atoms with Crippen molar-refractivity contribution in [1.29, 1.82) is 0 Å². The monoisotopic (exact) mass is 240 g/mol. The summed E-state index contributed by atoms with van der Waals surface area (Å²) in [4.78, 5) is 11.7. The van der Waals surface area contributed by atoms with Crippen LogP contribution in [0.3, 0.4) is 0 Å². The van der Waals surface area contributed by atoms with Crippen molar-refractivity contribution in [2.45, 2.75) is 19.9 Å². The van der Waals surface area contributed by atoms with Crippen LogP contribution in [-0.2, 0) is 4.74 Å². The van der Waals surface area contributed by atoms with Crippen LogP contribution < -0.4 is 11.1 Å². The molecule has 0 spiro atoms. The van der Waals surface area contributed by atoms with E-state index in [0.29, 0.717) is 18.8 Å². The van der Waals surface area contributed by atoms with Crippen molar-refractivity contribution in [3.63, 3.8) is 0 Å². The zero-order chi connectivity index (χ0) is 12.8. The molecule has 1 amide bonds. The Morgan fingerprint density at radius 2 is 2.29 bits per heavy atom. The van der Waals surface area contributed by atoms with E-state index >= 15 is 0 Å². The highest BCUT2D eigenvalue weighted by molar-refractivity contribution is 5.95. The second-order valence-corrected chi connectivity index (χ2v) is 3.77. The first-order valence-electron chi connectivity index (χ1n) is 5.48. The minimum atomic E-state index is -0.524. The lowest BCUT2D eigenvalue weighted by Gasteiger charge is -2.13. The first kappa shape index (κ1) is 13.4. The molecule has 1 atom stereocenters. The van der Waals surface area contributed by atoms with Crippen molar-refractivity contribution in [1.82, 2.24) is 5.32 Å². The van der Waals surface area contributed by atoms with Gasteiger partial charge in [0.1, 0.15) is 5.82 Å². The lowest BCUT2D eigenvalue weighted by atomic mass is 10.1. The molecule has 1 rings (SSSR count). The van der Waals surface area contributed by atoms with E-state index in [0.717, 1.165) is 0 Å². The Kier molecular flexibility index (Phi) is 4.90. The second-order valence-electron chi connectivity index (χ2n) is 3.77. The molecule has 17 heavy (non-hydrogen) atoms. The molecule has 0 fully saturated rings. The summed E-state index contributed by atoms with van der Waals surface area (Å²) in [6.45, 7) is 4.76. The fourth-order valence-electron chi connectivity index (χ4n) is 1.33. The third-order valence-electron chi connectivity index (χ3n) is 2.21. The summed E-state index contributed by atoms with van der Waals surface area (Å²) < 4.78 is 18.1. The van der Waals surface area contributed by atoms with E-state index in [1.54, 1.807) is 0 Å².